The van der Waals surface area contributed by atoms with Crippen LogP contribution in [0.4, 0.5) is 5.69 Å². The highest BCUT2D eigenvalue weighted by molar-refractivity contribution is 7.89. The summed E-state index contributed by atoms with van der Waals surface area (Å²) in [6.45, 7) is 1.80. The Morgan fingerprint density at radius 3 is 2.40 bits per heavy atom. The Hall–Kier alpha value is -4.08. The normalized spacial score (nSPS) is 15.2. The van der Waals surface area contributed by atoms with Gasteiger partial charge in [-0.25, -0.2) is 17.9 Å². The minimum absolute atomic E-state index is 0.0293. The molecule has 2 atom stereocenters. The number of aliphatic imine (C=N–C) groups is 1. The molecule has 0 aromatic heterocycles. The number of aromatic hydroxyl groups is 1. The van der Waals surface area contributed by atoms with E-state index in [0.29, 0.717) is 24.9 Å². The fourth-order valence-electron chi connectivity index (χ4n) is 3.95. The summed E-state index contributed by atoms with van der Waals surface area (Å²) in [5.41, 5.74) is 17.2. The number of rotatable bonds is 11. The van der Waals surface area contributed by atoms with Gasteiger partial charge in [-0.15, -0.1) is 0 Å². The topological polar surface area (TPSA) is 244 Å². The van der Waals surface area contributed by atoms with E-state index >= 15 is 0 Å². The summed E-state index contributed by atoms with van der Waals surface area (Å²) in [5.74, 6) is -2.43. The third kappa shape index (κ3) is 10.7. The molecule has 0 bridgehead atoms. The largest absolute Gasteiger partial charge is 0.506 e. The van der Waals surface area contributed by atoms with E-state index in [0.717, 1.165) is 5.56 Å². The number of carbonyl (C=O) groups excluding carboxylic acids is 2. The highest BCUT2D eigenvalue weighted by Gasteiger charge is 2.36. The SMILES string of the molecule is Cc1ccc(S(=O)(=O)NCC(=O)N2CCCC2C(=O)NC(CCCN=C(N)N)C(=O)O)cc1.Nc1ccc(O)c(Cl)c1. The molecule has 1 aliphatic rings. The molecule has 2 amide bonds. The van der Waals surface area contributed by atoms with Gasteiger partial charge in [0, 0.05) is 18.8 Å². The van der Waals surface area contributed by atoms with Gasteiger partial charge in [0.05, 0.1) is 16.5 Å². The molecule has 3 rings (SSSR count). The Morgan fingerprint density at radius 2 is 1.83 bits per heavy atom. The lowest BCUT2D eigenvalue weighted by Crippen LogP contribution is -2.52. The molecule has 0 spiro atoms. The highest BCUT2D eigenvalue weighted by Crippen LogP contribution is 2.24. The maximum atomic E-state index is 12.7. The zero-order valence-corrected chi connectivity index (χ0v) is 24.6. The lowest BCUT2D eigenvalue weighted by molar-refractivity contribution is -0.143. The molecule has 2 aromatic rings. The van der Waals surface area contributed by atoms with E-state index in [2.05, 4.69) is 15.0 Å². The number of anilines is 1. The van der Waals surface area contributed by atoms with Crippen LogP contribution < -0.4 is 27.2 Å². The monoisotopic (exact) mass is 625 g/mol. The quantitative estimate of drug-likeness (QED) is 0.0599. The number of phenols is 1. The Labute approximate surface area is 249 Å². The number of carbonyl (C=O) groups is 3. The maximum absolute atomic E-state index is 12.7. The van der Waals surface area contributed by atoms with Crippen molar-refractivity contribution < 1.29 is 33.0 Å². The number of likely N-dealkylation sites (tertiary alicyclic amines) is 1. The third-order valence-electron chi connectivity index (χ3n) is 6.15. The number of nitrogen functional groups attached to an aromatic ring is 1. The van der Waals surface area contributed by atoms with Crippen molar-refractivity contribution in [1.82, 2.24) is 14.9 Å². The molecule has 1 aliphatic heterocycles. The molecule has 1 heterocycles. The van der Waals surface area contributed by atoms with Crippen LogP contribution in [0.3, 0.4) is 0 Å². The number of hydrogen-bond acceptors (Lipinski definition) is 8. The molecule has 0 aliphatic carbocycles. The Morgan fingerprint density at radius 1 is 1.17 bits per heavy atom. The molecule has 2 unspecified atom stereocenters. The summed E-state index contributed by atoms with van der Waals surface area (Å²) in [5, 5.41) is 21.0. The van der Waals surface area contributed by atoms with Crippen LogP contribution in [-0.4, -0.2) is 79.0 Å². The number of benzene rings is 2. The summed E-state index contributed by atoms with van der Waals surface area (Å²) >= 11 is 5.48. The van der Waals surface area contributed by atoms with E-state index in [1.54, 1.807) is 18.2 Å². The van der Waals surface area contributed by atoms with Crippen LogP contribution in [0.2, 0.25) is 5.02 Å². The van der Waals surface area contributed by atoms with Gasteiger partial charge in [0.15, 0.2) is 5.96 Å². The predicted molar refractivity (Wildman–Crippen MR) is 158 cm³/mol. The van der Waals surface area contributed by atoms with Crippen LogP contribution in [-0.2, 0) is 24.4 Å². The van der Waals surface area contributed by atoms with Crippen LogP contribution in [0.5, 0.6) is 5.75 Å². The van der Waals surface area contributed by atoms with Gasteiger partial charge in [-0.3, -0.25) is 14.6 Å². The number of nitrogens with two attached hydrogens (primary N) is 3. The number of halogens is 1. The highest BCUT2D eigenvalue weighted by atomic mass is 35.5. The molecule has 1 saturated heterocycles. The Balaban J connectivity index is 0.000000581. The minimum atomic E-state index is -3.89. The van der Waals surface area contributed by atoms with E-state index in [1.165, 1.54) is 29.2 Å². The van der Waals surface area contributed by atoms with E-state index < -0.39 is 46.4 Å². The fraction of sp³-hybridized carbons (Fsp3) is 0.385. The van der Waals surface area contributed by atoms with Crippen molar-refractivity contribution >= 4 is 51.1 Å². The number of nitrogens with zero attached hydrogens (tertiary/aromatic N) is 2. The number of phenolic OH excluding ortho intramolecular Hbond substituents is 1. The molecule has 2 aromatic carbocycles. The van der Waals surface area contributed by atoms with Gasteiger partial charge in [-0.2, -0.15) is 0 Å². The van der Waals surface area contributed by atoms with E-state index in [-0.39, 0.29) is 41.1 Å². The lowest BCUT2D eigenvalue weighted by atomic mass is 10.1. The molecule has 16 heteroatoms. The second kappa shape index (κ2) is 15.8. The average molecular weight is 626 g/mol. The van der Waals surface area contributed by atoms with E-state index in [9.17, 15) is 27.9 Å². The first-order valence-electron chi connectivity index (χ1n) is 12.9. The number of guanidine groups is 1. The number of sulfonamides is 1. The van der Waals surface area contributed by atoms with Crippen molar-refractivity contribution in [2.75, 3.05) is 25.4 Å². The van der Waals surface area contributed by atoms with Gasteiger partial charge in [0.25, 0.3) is 0 Å². The smallest absolute Gasteiger partial charge is 0.326 e. The van der Waals surface area contributed by atoms with Gasteiger partial charge < -0.3 is 37.6 Å². The van der Waals surface area contributed by atoms with Crippen molar-refractivity contribution in [3.8, 4) is 5.75 Å². The number of hydrogen-bond donors (Lipinski definition) is 7. The van der Waals surface area contributed by atoms with Gasteiger partial charge in [0.1, 0.15) is 17.8 Å². The van der Waals surface area contributed by atoms with Gasteiger partial charge in [0.2, 0.25) is 21.8 Å². The van der Waals surface area contributed by atoms with Crippen LogP contribution in [0.1, 0.15) is 31.2 Å². The summed E-state index contributed by atoms with van der Waals surface area (Å²) in [4.78, 5) is 41.9. The number of nitrogens with one attached hydrogen (secondary N) is 2. The van der Waals surface area contributed by atoms with Crippen molar-refractivity contribution in [3.63, 3.8) is 0 Å². The van der Waals surface area contributed by atoms with Gasteiger partial charge in [-0.1, -0.05) is 29.3 Å². The lowest BCUT2D eigenvalue weighted by Gasteiger charge is -2.25. The average Bonchev–Trinajstić information content (AvgIpc) is 3.42. The van der Waals surface area contributed by atoms with Crippen molar-refractivity contribution in [3.05, 3.63) is 53.1 Å². The third-order valence-corrected chi connectivity index (χ3v) is 7.87. The number of aryl methyl sites for hydroxylation is 1. The standard InChI is InChI=1S/C20H30N6O6S.C6H6ClNO/c1-13-6-8-14(9-7-13)33(31,32)24-12-17(27)26-11-3-5-16(26)18(28)25-15(19(29)30)4-2-10-23-20(21)22;7-5-3-4(8)1-2-6(5)9/h6-9,15-16,24H,2-5,10-12H2,1H3,(H,25,28)(H,29,30)(H4,21,22,23);1-3,9H,8H2. The molecule has 230 valence electrons. The fourth-order valence-corrected chi connectivity index (χ4v) is 5.11. The number of carboxylic acids is 1. The Bertz CT molecular complexity index is 1380. The Kier molecular flexibility index (Phi) is 12.8. The first-order valence-corrected chi connectivity index (χ1v) is 14.8. The molecule has 0 saturated carbocycles. The molecule has 1 fully saturated rings. The molecule has 10 N–H and O–H groups in total. The van der Waals surface area contributed by atoms with Crippen LogP contribution >= 0.6 is 11.6 Å². The predicted octanol–water partition coefficient (Wildman–Crippen LogP) is 0.515. The van der Waals surface area contributed by atoms with Crippen molar-refractivity contribution in [2.45, 2.75) is 49.6 Å². The van der Waals surface area contributed by atoms with E-state index in [4.69, 9.17) is 33.9 Å². The summed E-state index contributed by atoms with van der Waals surface area (Å²) < 4.78 is 27.1. The maximum Gasteiger partial charge on any atom is 0.326 e. The number of amides is 2. The molecule has 0 radical (unpaired) electrons. The second-order valence-electron chi connectivity index (χ2n) is 9.44. The first kappa shape index (κ1) is 34.1. The molecular formula is C26H36ClN7O7S. The van der Waals surface area contributed by atoms with Crippen LogP contribution in [0.15, 0.2) is 52.4 Å². The second-order valence-corrected chi connectivity index (χ2v) is 11.6. The molecular weight excluding hydrogens is 590 g/mol. The summed E-state index contributed by atoms with van der Waals surface area (Å²) in [6.07, 6.45) is 1.33. The number of aliphatic carboxylic acids is 1. The van der Waals surface area contributed by atoms with Crippen LogP contribution in [0, 0.1) is 6.92 Å². The summed E-state index contributed by atoms with van der Waals surface area (Å²) in [6, 6.07) is 8.67. The van der Waals surface area contributed by atoms with Crippen molar-refractivity contribution in [2.24, 2.45) is 16.5 Å². The van der Waals surface area contributed by atoms with Crippen LogP contribution in [0.25, 0.3) is 0 Å². The van der Waals surface area contributed by atoms with Gasteiger partial charge in [-0.05, 0) is 62.9 Å². The molecule has 42 heavy (non-hydrogen) atoms. The first-order chi connectivity index (χ1) is 19.7. The minimum Gasteiger partial charge on any atom is -0.506 e. The van der Waals surface area contributed by atoms with Crippen molar-refractivity contribution in [1.29, 1.82) is 0 Å². The van der Waals surface area contributed by atoms with Gasteiger partial charge >= 0.3 is 5.97 Å². The number of carboxylic acid groups (broad SMARTS) is 1. The van der Waals surface area contributed by atoms with E-state index in [1.807, 2.05) is 6.92 Å². The zero-order chi connectivity index (χ0) is 31.4. The summed E-state index contributed by atoms with van der Waals surface area (Å²) in [7, 11) is -3.89. The zero-order valence-electron chi connectivity index (χ0n) is 23.0. The molecule has 14 nitrogen and oxygen atoms in total.